The molecule has 0 radical (unpaired) electrons. The van der Waals surface area contributed by atoms with Crippen LogP contribution in [0.4, 0.5) is 0 Å². The van der Waals surface area contributed by atoms with Gasteiger partial charge < -0.3 is 10.4 Å². The van der Waals surface area contributed by atoms with Crippen molar-refractivity contribution < 1.29 is 9.90 Å². The topological polar surface area (TPSA) is 52.6 Å². The molecule has 24 heavy (non-hydrogen) atoms. The number of fused-ring (bicyclic) bond motifs is 1. The standard InChI is InChI=1S/C20H26N2O2/c1-2-22-12-6-5-9-18(22)20(24)21-14-19(23)17-11-10-15-7-3-4-8-16(15)13-17/h3-4,7-8,10-11,13,18-19,23H,2,5-6,9,12,14H2,1H3,(H,21,24). The third kappa shape index (κ3) is 3.77. The van der Waals surface area contributed by atoms with E-state index in [9.17, 15) is 9.90 Å². The minimum absolute atomic E-state index is 0.0383. The Hall–Kier alpha value is -1.91. The summed E-state index contributed by atoms with van der Waals surface area (Å²) in [4.78, 5) is 14.7. The monoisotopic (exact) mass is 326 g/mol. The van der Waals surface area contributed by atoms with Crippen LogP contribution in [0.1, 0.15) is 37.9 Å². The highest BCUT2D eigenvalue weighted by Gasteiger charge is 2.27. The molecule has 0 aromatic heterocycles. The third-order valence-corrected chi connectivity index (χ3v) is 4.95. The van der Waals surface area contributed by atoms with Gasteiger partial charge in [-0.25, -0.2) is 0 Å². The normalized spacial score (nSPS) is 20.0. The van der Waals surface area contributed by atoms with Crippen LogP contribution in [0.3, 0.4) is 0 Å². The van der Waals surface area contributed by atoms with E-state index in [1.165, 1.54) is 0 Å². The van der Waals surface area contributed by atoms with Gasteiger partial charge in [0.05, 0.1) is 12.1 Å². The van der Waals surface area contributed by atoms with E-state index in [0.29, 0.717) is 0 Å². The van der Waals surface area contributed by atoms with E-state index < -0.39 is 6.10 Å². The fraction of sp³-hybridized carbons (Fsp3) is 0.450. The van der Waals surface area contributed by atoms with Gasteiger partial charge >= 0.3 is 0 Å². The molecule has 0 bridgehead atoms. The maximum atomic E-state index is 12.5. The molecule has 1 aliphatic heterocycles. The van der Waals surface area contributed by atoms with Crippen molar-refractivity contribution in [2.75, 3.05) is 19.6 Å². The Morgan fingerprint density at radius 1 is 1.25 bits per heavy atom. The zero-order valence-electron chi connectivity index (χ0n) is 14.2. The van der Waals surface area contributed by atoms with E-state index in [1.54, 1.807) is 0 Å². The van der Waals surface area contributed by atoms with Gasteiger partial charge in [0, 0.05) is 6.54 Å². The molecule has 0 spiro atoms. The predicted molar refractivity (Wildman–Crippen MR) is 96.8 cm³/mol. The van der Waals surface area contributed by atoms with Crippen molar-refractivity contribution in [3.8, 4) is 0 Å². The molecule has 2 N–H and O–H groups in total. The zero-order chi connectivity index (χ0) is 16.9. The molecule has 0 saturated carbocycles. The van der Waals surface area contributed by atoms with E-state index in [0.717, 1.165) is 48.7 Å². The number of likely N-dealkylation sites (tertiary alicyclic amines) is 1. The van der Waals surface area contributed by atoms with Crippen molar-refractivity contribution in [2.24, 2.45) is 0 Å². The Bertz CT molecular complexity index is 701. The van der Waals surface area contributed by atoms with Crippen LogP contribution in [-0.2, 0) is 4.79 Å². The number of hydrogen-bond acceptors (Lipinski definition) is 3. The van der Waals surface area contributed by atoms with E-state index in [-0.39, 0.29) is 18.5 Å². The van der Waals surface area contributed by atoms with Crippen LogP contribution in [0.25, 0.3) is 10.8 Å². The summed E-state index contributed by atoms with van der Waals surface area (Å²) >= 11 is 0. The van der Waals surface area contributed by atoms with Gasteiger partial charge in [-0.2, -0.15) is 0 Å². The molecule has 2 aromatic carbocycles. The molecular formula is C20H26N2O2. The van der Waals surface area contributed by atoms with Crippen LogP contribution in [0.15, 0.2) is 42.5 Å². The van der Waals surface area contributed by atoms with Crippen LogP contribution in [0.2, 0.25) is 0 Å². The Kier molecular flexibility index (Phi) is 5.48. The quantitative estimate of drug-likeness (QED) is 0.888. The van der Waals surface area contributed by atoms with E-state index in [2.05, 4.69) is 23.2 Å². The molecule has 4 heteroatoms. The van der Waals surface area contributed by atoms with Gasteiger partial charge in [0.2, 0.25) is 5.91 Å². The summed E-state index contributed by atoms with van der Waals surface area (Å²) in [6.07, 6.45) is 2.49. The molecule has 3 rings (SSSR count). The highest BCUT2D eigenvalue weighted by Crippen LogP contribution is 2.21. The minimum atomic E-state index is -0.683. The van der Waals surface area contributed by atoms with Gasteiger partial charge in [-0.15, -0.1) is 0 Å². The number of amides is 1. The molecule has 1 heterocycles. The Labute approximate surface area is 143 Å². The van der Waals surface area contributed by atoms with Gasteiger partial charge in [-0.05, 0) is 48.3 Å². The number of likely N-dealkylation sites (N-methyl/N-ethyl adjacent to an activating group) is 1. The summed E-state index contributed by atoms with van der Waals surface area (Å²) in [7, 11) is 0. The lowest BCUT2D eigenvalue weighted by Crippen LogP contribution is -2.49. The number of nitrogens with zero attached hydrogens (tertiary/aromatic N) is 1. The van der Waals surface area contributed by atoms with E-state index in [4.69, 9.17) is 0 Å². The maximum Gasteiger partial charge on any atom is 0.237 e. The molecule has 1 saturated heterocycles. The van der Waals surface area contributed by atoms with Gasteiger partial charge in [-0.1, -0.05) is 49.7 Å². The van der Waals surface area contributed by atoms with E-state index >= 15 is 0 Å². The second-order valence-corrected chi connectivity index (χ2v) is 6.51. The van der Waals surface area contributed by atoms with Gasteiger partial charge in [0.15, 0.2) is 0 Å². The average Bonchev–Trinajstić information content (AvgIpc) is 2.65. The Balaban J connectivity index is 1.61. The lowest BCUT2D eigenvalue weighted by molar-refractivity contribution is -0.128. The predicted octanol–water partition coefficient (Wildman–Crippen LogP) is 2.86. The minimum Gasteiger partial charge on any atom is -0.387 e. The second-order valence-electron chi connectivity index (χ2n) is 6.51. The first-order valence-electron chi connectivity index (χ1n) is 8.87. The number of aliphatic hydroxyl groups is 1. The van der Waals surface area contributed by atoms with Crippen molar-refractivity contribution in [1.82, 2.24) is 10.2 Å². The van der Waals surface area contributed by atoms with Crippen LogP contribution in [-0.4, -0.2) is 41.6 Å². The molecule has 1 amide bonds. The number of hydrogen-bond donors (Lipinski definition) is 2. The molecule has 2 unspecified atom stereocenters. The number of nitrogens with one attached hydrogen (secondary N) is 1. The molecule has 1 aliphatic rings. The fourth-order valence-electron chi connectivity index (χ4n) is 3.51. The molecule has 1 fully saturated rings. The van der Waals surface area contributed by atoms with Crippen molar-refractivity contribution in [2.45, 2.75) is 38.3 Å². The van der Waals surface area contributed by atoms with Crippen molar-refractivity contribution in [3.05, 3.63) is 48.0 Å². The summed E-state index contributed by atoms with van der Waals surface area (Å²) in [6.45, 7) is 4.23. The van der Waals surface area contributed by atoms with Crippen molar-refractivity contribution >= 4 is 16.7 Å². The third-order valence-electron chi connectivity index (χ3n) is 4.95. The smallest absolute Gasteiger partial charge is 0.237 e. The van der Waals surface area contributed by atoms with Crippen molar-refractivity contribution in [3.63, 3.8) is 0 Å². The summed E-state index contributed by atoms with van der Waals surface area (Å²) in [5.41, 5.74) is 0.838. The molecule has 0 aliphatic carbocycles. The highest BCUT2D eigenvalue weighted by molar-refractivity contribution is 5.83. The molecule has 2 aromatic rings. The first-order chi connectivity index (χ1) is 11.7. The Morgan fingerprint density at radius 3 is 2.83 bits per heavy atom. The van der Waals surface area contributed by atoms with Gasteiger partial charge in [-0.3, -0.25) is 9.69 Å². The highest BCUT2D eigenvalue weighted by atomic mass is 16.3. The van der Waals surface area contributed by atoms with Gasteiger partial charge in [0.25, 0.3) is 0 Å². The number of rotatable bonds is 5. The summed E-state index contributed by atoms with van der Waals surface area (Å²) < 4.78 is 0. The van der Waals surface area contributed by atoms with Crippen LogP contribution < -0.4 is 5.32 Å². The number of carbonyl (C=O) groups excluding carboxylic acids is 1. The number of aliphatic hydroxyl groups excluding tert-OH is 1. The lowest BCUT2D eigenvalue weighted by Gasteiger charge is -2.33. The maximum absolute atomic E-state index is 12.5. The first-order valence-corrected chi connectivity index (χ1v) is 8.87. The van der Waals surface area contributed by atoms with Crippen molar-refractivity contribution in [1.29, 1.82) is 0 Å². The molecule has 128 valence electrons. The number of piperidine rings is 1. The van der Waals surface area contributed by atoms with Crippen LogP contribution >= 0.6 is 0 Å². The second kappa shape index (κ2) is 7.77. The Morgan fingerprint density at radius 2 is 2.04 bits per heavy atom. The number of benzene rings is 2. The molecule has 4 nitrogen and oxygen atoms in total. The van der Waals surface area contributed by atoms with Crippen LogP contribution in [0.5, 0.6) is 0 Å². The summed E-state index contributed by atoms with van der Waals surface area (Å²) in [5, 5.41) is 15.6. The van der Waals surface area contributed by atoms with E-state index in [1.807, 2.05) is 36.4 Å². The summed E-state index contributed by atoms with van der Waals surface area (Å²) in [5.74, 6) is 0.0383. The number of carbonyl (C=O) groups is 1. The fourth-order valence-corrected chi connectivity index (χ4v) is 3.51. The average molecular weight is 326 g/mol. The SMILES string of the molecule is CCN1CCCCC1C(=O)NCC(O)c1ccc2ccccc2c1. The van der Waals surface area contributed by atoms with Gasteiger partial charge in [0.1, 0.15) is 0 Å². The largest absolute Gasteiger partial charge is 0.387 e. The van der Waals surface area contributed by atoms with Crippen LogP contribution in [0, 0.1) is 0 Å². The molecular weight excluding hydrogens is 300 g/mol. The lowest BCUT2D eigenvalue weighted by atomic mass is 10.0. The zero-order valence-corrected chi connectivity index (χ0v) is 14.2. The molecule has 2 atom stereocenters. The first kappa shape index (κ1) is 16.9. The summed E-state index contributed by atoms with van der Waals surface area (Å²) in [6, 6.07) is 14.0.